The normalized spacial score (nSPS) is 11.0. The molecule has 0 atom stereocenters. The number of hydrogen-bond acceptors (Lipinski definition) is 3. The predicted octanol–water partition coefficient (Wildman–Crippen LogP) is 4.41. The largest absolute Gasteiger partial charge is 0.467 e. The number of carbonyl (C=O) groups excluding carboxylic acids is 1. The molecule has 1 amide bonds. The Balaban J connectivity index is 1.71. The average molecular weight is 390 g/mol. The second kappa shape index (κ2) is 7.75. The standard InChI is InChI=1S/C23H19FN2O3/c1-15-7-8-21-17(10-15)11-18(22(27)25-21)13-26(14-20-6-3-9-29-20)23(28)16-4-2-5-19(24)12-16/h2-12H,13-14H2,1H3,(H,25,27). The van der Waals surface area contributed by atoms with Crippen LogP contribution in [0.5, 0.6) is 0 Å². The van der Waals surface area contributed by atoms with E-state index in [1.807, 2.05) is 25.1 Å². The highest BCUT2D eigenvalue weighted by atomic mass is 19.1. The summed E-state index contributed by atoms with van der Waals surface area (Å²) < 4.78 is 19.0. The minimum atomic E-state index is -0.493. The highest BCUT2D eigenvalue weighted by Gasteiger charge is 2.20. The van der Waals surface area contributed by atoms with E-state index in [4.69, 9.17) is 4.42 Å². The van der Waals surface area contributed by atoms with Crippen LogP contribution in [0.25, 0.3) is 10.9 Å². The number of aromatic nitrogens is 1. The highest BCUT2D eigenvalue weighted by molar-refractivity contribution is 5.94. The Morgan fingerprint density at radius 2 is 1.93 bits per heavy atom. The molecule has 0 unspecified atom stereocenters. The Hall–Kier alpha value is -3.67. The third kappa shape index (κ3) is 4.11. The fourth-order valence-electron chi connectivity index (χ4n) is 3.29. The number of fused-ring (bicyclic) bond motifs is 1. The molecule has 0 bridgehead atoms. The quantitative estimate of drug-likeness (QED) is 0.549. The number of hydrogen-bond donors (Lipinski definition) is 1. The van der Waals surface area contributed by atoms with E-state index in [9.17, 15) is 14.0 Å². The Kier molecular flexibility index (Phi) is 4.99. The first kappa shape index (κ1) is 18.7. The zero-order valence-electron chi connectivity index (χ0n) is 15.8. The third-order valence-electron chi connectivity index (χ3n) is 4.72. The van der Waals surface area contributed by atoms with Gasteiger partial charge in [0.2, 0.25) is 0 Å². The van der Waals surface area contributed by atoms with Crippen molar-refractivity contribution in [2.45, 2.75) is 20.0 Å². The van der Waals surface area contributed by atoms with E-state index in [-0.39, 0.29) is 30.1 Å². The van der Waals surface area contributed by atoms with Crippen LogP contribution in [0.3, 0.4) is 0 Å². The summed E-state index contributed by atoms with van der Waals surface area (Å²) in [4.78, 5) is 30.0. The van der Waals surface area contributed by atoms with Gasteiger partial charge in [-0.2, -0.15) is 0 Å². The number of pyridine rings is 1. The maximum Gasteiger partial charge on any atom is 0.254 e. The zero-order valence-corrected chi connectivity index (χ0v) is 15.8. The van der Waals surface area contributed by atoms with Crippen LogP contribution in [-0.4, -0.2) is 15.8 Å². The molecule has 4 rings (SSSR count). The number of nitrogens with one attached hydrogen (secondary N) is 1. The van der Waals surface area contributed by atoms with E-state index in [1.54, 1.807) is 24.3 Å². The molecule has 2 aromatic heterocycles. The summed E-state index contributed by atoms with van der Waals surface area (Å²) in [5.74, 6) is -0.305. The van der Waals surface area contributed by atoms with Crippen LogP contribution in [-0.2, 0) is 13.1 Å². The number of halogens is 1. The number of nitrogens with zero attached hydrogens (tertiary/aromatic N) is 1. The molecule has 6 heteroatoms. The van der Waals surface area contributed by atoms with Crippen LogP contribution in [0.1, 0.15) is 27.2 Å². The SMILES string of the molecule is Cc1ccc2[nH]c(=O)c(CN(Cc3ccco3)C(=O)c3cccc(F)c3)cc2c1. The second-order valence-corrected chi connectivity index (χ2v) is 6.97. The van der Waals surface area contributed by atoms with Gasteiger partial charge in [-0.15, -0.1) is 0 Å². The van der Waals surface area contributed by atoms with Gasteiger partial charge in [0.15, 0.2) is 0 Å². The van der Waals surface area contributed by atoms with Gasteiger partial charge in [-0.1, -0.05) is 17.7 Å². The van der Waals surface area contributed by atoms with Crippen LogP contribution in [0, 0.1) is 12.7 Å². The second-order valence-electron chi connectivity index (χ2n) is 6.97. The number of benzene rings is 2. The third-order valence-corrected chi connectivity index (χ3v) is 4.72. The van der Waals surface area contributed by atoms with Crippen molar-refractivity contribution in [1.29, 1.82) is 0 Å². The minimum absolute atomic E-state index is 0.0647. The monoisotopic (exact) mass is 390 g/mol. The summed E-state index contributed by atoms with van der Waals surface area (Å²) in [6.07, 6.45) is 1.52. The van der Waals surface area contributed by atoms with E-state index in [0.717, 1.165) is 16.5 Å². The number of carbonyl (C=O) groups is 1. The lowest BCUT2D eigenvalue weighted by Gasteiger charge is -2.22. The van der Waals surface area contributed by atoms with Gasteiger partial charge in [0.25, 0.3) is 11.5 Å². The Morgan fingerprint density at radius 3 is 2.69 bits per heavy atom. The minimum Gasteiger partial charge on any atom is -0.467 e. The highest BCUT2D eigenvalue weighted by Crippen LogP contribution is 2.17. The summed E-state index contributed by atoms with van der Waals surface area (Å²) in [6.45, 7) is 2.20. The van der Waals surface area contributed by atoms with Crippen LogP contribution < -0.4 is 5.56 Å². The van der Waals surface area contributed by atoms with Crippen LogP contribution in [0.4, 0.5) is 4.39 Å². The number of aryl methyl sites for hydroxylation is 1. The molecule has 29 heavy (non-hydrogen) atoms. The van der Waals surface area contributed by atoms with Gasteiger partial charge in [0.05, 0.1) is 19.4 Å². The molecule has 4 aromatic rings. The average Bonchev–Trinajstić information content (AvgIpc) is 3.21. The van der Waals surface area contributed by atoms with Gasteiger partial charge in [0.1, 0.15) is 11.6 Å². The van der Waals surface area contributed by atoms with Crippen molar-refractivity contribution in [3.05, 3.63) is 106 Å². The molecule has 0 fully saturated rings. The van der Waals surface area contributed by atoms with E-state index in [2.05, 4.69) is 4.98 Å². The van der Waals surface area contributed by atoms with Crippen LogP contribution in [0.2, 0.25) is 0 Å². The molecular weight excluding hydrogens is 371 g/mol. The van der Waals surface area contributed by atoms with Crippen molar-refractivity contribution in [3.8, 4) is 0 Å². The first-order valence-electron chi connectivity index (χ1n) is 9.19. The molecule has 0 spiro atoms. The molecule has 0 saturated carbocycles. The number of rotatable bonds is 5. The smallest absolute Gasteiger partial charge is 0.254 e. The number of amides is 1. The van der Waals surface area contributed by atoms with Crippen molar-refractivity contribution in [2.24, 2.45) is 0 Å². The lowest BCUT2D eigenvalue weighted by Crippen LogP contribution is -2.32. The molecule has 0 radical (unpaired) electrons. The molecule has 2 aromatic carbocycles. The van der Waals surface area contributed by atoms with Crippen molar-refractivity contribution in [3.63, 3.8) is 0 Å². The summed E-state index contributed by atoms with van der Waals surface area (Å²) >= 11 is 0. The van der Waals surface area contributed by atoms with Gasteiger partial charge < -0.3 is 14.3 Å². The maximum absolute atomic E-state index is 13.6. The Bertz CT molecular complexity index is 1230. The van der Waals surface area contributed by atoms with E-state index >= 15 is 0 Å². The predicted molar refractivity (Wildman–Crippen MR) is 108 cm³/mol. The first-order chi connectivity index (χ1) is 14.0. The lowest BCUT2D eigenvalue weighted by atomic mass is 10.1. The molecule has 5 nitrogen and oxygen atoms in total. The van der Waals surface area contributed by atoms with Gasteiger partial charge in [-0.25, -0.2) is 4.39 Å². The van der Waals surface area contributed by atoms with Gasteiger partial charge >= 0.3 is 0 Å². The van der Waals surface area contributed by atoms with Crippen molar-refractivity contribution >= 4 is 16.8 Å². The summed E-state index contributed by atoms with van der Waals surface area (Å²) in [5.41, 5.74) is 2.19. The molecule has 0 aliphatic rings. The molecule has 0 aliphatic carbocycles. The molecule has 1 N–H and O–H groups in total. The Labute approximate surface area is 166 Å². The van der Waals surface area contributed by atoms with E-state index in [0.29, 0.717) is 11.3 Å². The van der Waals surface area contributed by atoms with Gasteiger partial charge in [-0.05, 0) is 60.8 Å². The summed E-state index contributed by atoms with van der Waals surface area (Å²) in [5, 5.41) is 0.885. The summed E-state index contributed by atoms with van der Waals surface area (Å²) in [7, 11) is 0. The van der Waals surface area contributed by atoms with Crippen molar-refractivity contribution in [2.75, 3.05) is 0 Å². The maximum atomic E-state index is 13.6. The topological polar surface area (TPSA) is 66.3 Å². The van der Waals surface area contributed by atoms with Crippen LogP contribution in [0.15, 0.2) is 76.1 Å². The molecule has 0 aliphatic heterocycles. The molecular formula is C23H19FN2O3. The zero-order chi connectivity index (χ0) is 20.4. The van der Waals surface area contributed by atoms with Gasteiger partial charge in [-0.3, -0.25) is 9.59 Å². The molecule has 0 saturated heterocycles. The fourth-order valence-corrected chi connectivity index (χ4v) is 3.29. The molecule has 2 heterocycles. The molecule has 146 valence electrons. The van der Waals surface area contributed by atoms with Crippen molar-refractivity contribution < 1.29 is 13.6 Å². The van der Waals surface area contributed by atoms with Crippen molar-refractivity contribution in [1.82, 2.24) is 9.88 Å². The van der Waals surface area contributed by atoms with E-state index in [1.165, 1.54) is 29.4 Å². The number of furan rings is 1. The number of H-pyrrole nitrogens is 1. The Morgan fingerprint density at radius 1 is 1.07 bits per heavy atom. The van der Waals surface area contributed by atoms with E-state index < -0.39 is 5.82 Å². The lowest BCUT2D eigenvalue weighted by molar-refractivity contribution is 0.0716. The van der Waals surface area contributed by atoms with Gasteiger partial charge in [0, 0.05) is 16.6 Å². The number of aromatic amines is 1. The first-order valence-corrected chi connectivity index (χ1v) is 9.19. The summed E-state index contributed by atoms with van der Waals surface area (Å²) in [6, 6.07) is 16.5. The van der Waals surface area contributed by atoms with Crippen LogP contribution >= 0.6 is 0 Å². The fraction of sp³-hybridized carbons (Fsp3) is 0.130.